The van der Waals surface area contributed by atoms with Gasteiger partial charge < -0.3 is 5.32 Å². The van der Waals surface area contributed by atoms with Crippen LogP contribution in [0.25, 0.3) is 0 Å². The fourth-order valence-corrected chi connectivity index (χ4v) is 2.88. The number of benzene rings is 2. The number of anilines is 1. The number of halogens is 1. The molecule has 2 aromatic carbocycles. The van der Waals surface area contributed by atoms with Gasteiger partial charge in [0.25, 0.3) is 0 Å². The summed E-state index contributed by atoms with van der Waals surface area (Å²) >= 11 is 0. The lowest BCUT2D eigenvalue weighted by Gasteiger charge is -2.08. The Kier molecular flexibility index (Phi) is 5.84. The fraction of sp³-hybridized carbons (Fsp3) is 0.188. The van der Waals surface area contributed by atoms with E-state index in [4.69, 9.17) is 0 Å². The molecule has 0 radical (unpaired) electrons. The maximum atomic E-state index is 12.7. The van der Waals surface area contributed by atoms with Crippen molar-refractivity contribution in [1.82, 2.24) is 4.72 Å². The lowest BCUT2D eigenvalue weighted by atomic mass is 10.2. The predicted octanol–water partition coefficient (Wildman–Crippen LogP) is 1.93. The summed E-state index contributed by atoms with van der Waals surface area (Å²) in [5, 5.41) is 2.48. The van der Waals surface area contributed by atoms with Crippen molar-refractivity contribution in [3.63, 3.8) is 0 Å². The first kappa shape index (κ1) is 17.1. The van der Waals surface area contributed by atoms with E-state index in [0.717, 1.165) is 5.56 Å². The van der Waals surface area contributed by atoms with Crippen LogP contribution in [0, 0.1) is 5.82 Å². The molecule has 0 aliphatic rings. The molecule has 0 saturated heterocycles. The Balaban J connectivity index is 1.79. The topological polar surface area (TPSA) is 75.3 Å². The number of carbonyl (C=O) groups excluding carboxylic acids is 1. The monoisotopic (exact) mass is 336 g/mol. The summed E-state index contributed by atoms with van der Waals surface area (Å²) in [4.78, 5) is 11.7. The van der Waals surface area contributed by atoms with Crippen LogP contribution < -0.4 is 10.0 Å². The molecule has 0 saturated carbocycles. The highest BCUT2D eigenvalue weighted by Gasteiger charge is 2.12. The molecule has 2 rings (SSSR count). The second-order valence-corrected chi connectivity index (χ2v) is 6.86. The van der Waals surface area contributed by atoms with Gasteiger partial charge in [-0.15, -0.1) is 0 Å². The van der Waals surface area contributed by atoms with Gasteiger partial charge in [0.15, 0.2) is 0 Å². The van der Waals surface area contributed by atoms with Crippen molar-refractivity contribution in [1.29, 1.82) is 0 Å². The maximum Gasteiger partial charge on any atom is 0.239 e. The lowest BCUT2D eigenvalue weighted by molar-refractivity contribution is -0.115. The van der Waals surface area contributed by atoms with Gasteiger partial charge in [-0.25, -0.2) is 17.5 Å². The normalized spacial score (nSPS) is 11.2. The van der Waals surface area contributed by atoms with Gasteiger partial charge in [-0.3, -0.25) is 4.79 Å². The van der Waals surface area contributed by atoms with Crippen molar-refractivity contribution in [3.05, 3.63) is 66.0 Å². The molecule has 0 spiro atoms. The zero-order valence-corrected chi connectivity index (χ0v) is 13.1. The van der Waals surface area contributed by atoms with E-state index in [-0.39, 0.29) is 12.3 Å². The minimum Gasteiger partial charge on any atom is -0.325 e. The molecule has 0 aromatic heterocycles. The first-order valence-electron chi connectivity index (χ1n) is 7.01. The van der Waals surface area contributed by atoms with Crippen LogP contribution in [0.15, 0.2) is 54.6 Å². The highest BCUT2D eigenvalue weighted by atomic mass is 32.2. The van der Waals surface area contributed by atoms with Crippen LogP contribution in [0.2, 0.25) is 0 Å². The summed E-state index contributed by atoms with van der Waals surface area (Å²) in [7, 11) is -3.54. The molecule has 23 heavy (non-hydrogen) atoms. The van der Waals surface area contributed by atoms with E-state index >= 15 is 0 Å². The summed E-state index contributed by atoms with van der Waals surface area (Å²) in [6.07, 6.45) is 0.371. The van der Waals surface area contributed by atoms with Gasteiger partial charge in [-0.1, -0.05) is 30.3 Å². The molecule has 0 bridgehead atoms. The zero-order valence-electron chi connectivity index (χ0n) is 12.3. The molecule has 0 atom stereocenters. The molecule has 0 aliphatic heterocycles. The number of carbonyl (C=O) groups is 1. The first-order valence-corrected chi connectivity index (χ1v) is 8.66. The number of hydrogen-bond donors (Lipinski definition) is 2. The Morgan fingerprint density at radius 1 is 1.00 bits per heavy atom. The fourth-order valence-electron chi connectivity index (χ4n) is 1.88. The van der Waals surface area contributed by atoms with Crippen molar-refractivity contribution in [3.8, 4) is 0 Å². The van der Waals surface area contributed by atoms with Crippen LogP contribution in [-0.4, -0.2) is 26.6 Å². The molecular formula is C16H17FN2O3S. The van der Waals surface area contributed by atoms with Gasteiger partial charge in [-0.2, -0.15) is 0 Å². The Morgan fingerprint density at radius 2 is 1.65 bits per heavy atom. The molecule has 2 N–H and O–H groups in total. The van der Waals surface area contributed by atoms with Crippen molar-refractivity contribution in [2.45, 2.75) is 6.42 Å². The molecule has 2 aromatic rings. The Bertz CT molecular complexity index is 747. The van der Waals surface area contributed by atoms with E-state index in [1.165, 1.54) is 24.3 Å². The molecule has 0 fully saturated rings. The molecule has 0 heterocycles. The van der Waals surface area contributed by atoms with Gasteiger partial charge >= 0.3 is 0 Å². The van der Waals surface area contributed by atoms with Gasteiger partial charge in [0, 0.05) is 5.69 Å². The zero-order chi connectivity index (χ0) is 16.7. The number of amides is 1. The molecule has 7 heteroatoms. The summed E-state index contributed by atoms with van der Waals surface area (Å²) in [5.41, 5.74) is 1.31. The lowest BCUT2D eigenvalue weighted by Crippen LogP contribution is -2.34. The van der Waals surface area contributed by atoms with Crippen LogP contribution in [0.3, 0.4) is 0 Å². The quantitative estimate of drug-likeness (QED) is 0.811. The number of rotatable bonds is 7. The van der Waals surface area contributed by atoms with Gasteiger partial charge in [0.05, 0.1) is 12.3 Å². The number of sulfonamides is 1. The number of hydrogen-bond acceptors (Lipinski definition) is 3. The Hall–Kier alpha value is -2.25. The largest absolute Gasteiger partial charge is 0.325 e. The molecule has 0 aliphatic carbocycles. The Morgan fingerprint density at radius 3 is 2.30 bits per heavy atom. The van der Waals surface area contributed by atoms with E-state index in [1.807, 2.05) is 30.3 Å². The standard InChI is InChI=1S/C16H17FN2O3S/c17-14-6-8-15(9-7-14)19-16(20)12-18-23(21,22)11-10-13-4-2-1-3-5-13/h1-9,18H,10-12H2,(H,19,20). The van der Waals surface area contributed by atoms with E-state index < -0.39 is 21.7 Å². The van der Waals surface area contributed by atoms with E-state index in [1.54, 1.807) is 0 Å². The van der Waals surface area contributed by atoms with Crippen LogP contribution in [0.5, 0.6) is 0 Å². The molecule has 0 unspecified atom stereocenters. The highest BCUT2D eigenvalue weighted by molar-refractivity contribution is 7.89. The maximum absolute atomic E-state index is 12.7. The van der Waals surface area contributed by atoms with Crippen LogP contribution >= 0.6 is 0 Å². The van der Waals surface area contributed by atoms with Crippen molar-refractivity contribution < 1.29 is 17.6 Å². The van der Waals surface area contributed by atoms with Crippen molar-refractivity contribution in [2.24, 2.45) is 0 Å². The minimum absolute atomic E-state index is 0.0964. The SMILES string of the molecule is O=C(CNS(=O)(=O)CCc1ccccc1)Nc1ccc(F)cc1. The molecule has 5 nitrogen and oxygen atoms in total. The minimum atomic E-state index is -3.54. The van der Waals surface area contributed by atoms with Crippen LogP contribution in [0.4, 0.5) is 10.1 Å². The molecule has 122 valence electrons. The third-order valence-corrected chi connectivity index (χ3v) is 4.41. The van der Waals surface area contributed by atoms with Crippen molar-refractivity contribution >= 4 is 21.6 Å². The second kappa shape index (κ2) is 7.85. The first-order chi connectivity index (χ1) is 10.9. The summed E-state index contributed by atoms with van der Waals surface area (Å²) in [6, 6.07) is 14.4. The third kappa shape index (κ3) is 6.17. The summed E-state index contributed by atoms with van der Waals surface area (Å²) in [6.45, 7) is -0.367. The smallest absolute Gasteiger partial charge is 0.239 e. The van der Waals surface area contributed by atoms with E-state index in [0.29, 0.717) is 12.1 Å². The average Bonchev–Trinajstić information content (AvgIpc) is 2.55. The number of nitrogens with one attached hydrogen (secondary N) is 2. The van der Waals surface area contributed by atoms with Gasteiger partial charge in [-0.05, 0) is 36.2 Å². The van der Waals surface area contributed by atoms with Crippen molar-refractivity contribution in [2.75, 3.05) is 17.6 Å². The number of aryl methyl sites for hydroxylation is 1. The van der Waals surface area contributed by atoms with Crippen LogP contribution in [-0.2, 0) is 21.2 Å². The van der Waals surface area contributed by atoms with Crippen LogP contribution in [0.1, 0.15) is 5.56 Å². The highest BCUT2D eigenvalue weighted by Crippen LogP contribution is 2.07. The summed E-state index contributed by atoms with van der Waals surface area (Å²) < 4.78 is 38.7. The van der Waals surface area contributed by atoms with Gasteiger partial charge in [0.2, 0.25) is 15.9 Å². The summed E-state index contributed by atoms with van der Waals surface area (Å²) in [5.74, 6) is -1.02. The van der Waals surface area contributed by atoms with E-state index in [9.17, 15) is 17.6 Å². The van der Waals surface area contributed by atoms with E-state index in [2.05, 4.69) is 10.0 Å². The molecule has 1 amide bonds. The third-order valence-electron chi connectivity index (χ3n) is 3.08. The Labute approximate surface area is 134 Å². The average molecular weight is 336 g/mol. The second-order valence-electron chi connectivity index (χ2n) is 4.93. The molecular weight excluding hydrogens is 319 g/mol. The van der Waals surface area contributed by atoms with Gasteiger partial charge in [0.1, 0.15) is 5.82 Å². The predicted molar refractivity (Wildman–Crippen MR) is 87.0 cm³/mol.